The van der Waals surface area contributed by atoms with Crippen molar-refractivity contribution in [3.8, 4) is 0 Å². The van der Waals surface area contributed by atoms with Gasteiger partial charge in [-0.2, -0.15) is 0 Å². The van der Waals surface area contributed by atoms with Crippen molar-refractivity contribution in [1.82, 2.24) is 15.2 Å². The van der Waals surface area contributed by atoms with Crippen LogP contribution in [0.15, 0.2) is 54.7 Å². The van der Waals surface area contributed by atoms with Crippen LogP contribution in [0, 0.1) is 5.92 Å². The zero-order valence-electron chi connectivity index (χ0n) is 14.1. The Labute approximate surface area is 144 Å². The Kier molecular flexibility index (Phi) is 6.35. The highest BCUT2D eigenvalue weighted by molar-refractivity contribution is 5.17. The van der Waals surface area contributed by atoms with Gasteiger partial charge in [-0.05, 0) is 56.1 Å². The first kappa shape index (κ1) is 17.1. The molecule has 24 heavy (non-hydrogen) atoms. The van der Waals surface area contributed by atoms with Gasteiger partial charge in [0.25, 0.3) is 0 Å². The van der Waals surface area contributed by atoms with Gasteiger partial charge in [0.05, 0.1) is 11.8 Å². The third-order valence-electron chi connectivity index (χ3n) is 4.79. The number of β-amino-alcohol motifs (C(OH)–C–C–N with tert-alkyl or cyclic N) is 1. The van der Waals surface area contributed by atoms with Crippen LogP contribution in [-0.2, 0) is 6.54 Å². The largest absolute Gasteiger partial charge is 0.387 e. The predicted molar refractivity (Wildman–Crippen MR) is 96.5 cm³/mol. The maximum absolute atomic E-state index is 10.3. The summed E-state index contributed by atoms with van der Waals surface area (Å²) in [7, 11) is 0. The molecule has 0 unspecified atom stereocenters. The van der Waals surface area contributed by atoms with Crippen LogP contribution in [0.1, 0.15) is 30.2 Å². The molecule has 4 heteroatoms. The number of aromatic nitrogens is 1. The molecule has 0 aliphatic carbocycles. The van der Waals surface area contributed by atoms with Gasteiger partial charge in [0.1, 0.15) is 0 Å². The summed E-state index contributed by atoms with van der Waals surface area (Å²) in [4.78, 5) is 6.72. The standard InChI is InChI=1S/C20H27N3O/c24-20(18-6-2-1-3-7-18)16-23-12-9-17(10-13-23)14-21-15-19-8-4-5-11-22-19/h1-8,11,17,20-21,24H,9-10,12-16H2/t20-/m0/s1. The molecule has 128 valence electrons. The van der Waals surface area contributed by atoms with Crippen LogP contribution in [0.3, 0.4) is 0 Å². The van der Waals surface area contributed by atoms with Gasteiger partial charge in [0.2, 0.25) is 0 Å². The van der Waals surface area contributed by atoms with Gasteiger partial charge in [0.15, 0.2) is 0 Å². The molecule has 1 aromatic carbocycles. The number of nitrogens with one attached hydrogen (secondary N) is 1. The second kappa shape index (κ2) is 8.92. The van der Waals surface area contributed by atoms with Crippen molar-refractivity contribution in [1.29, 1.82) is 0 Å². The van der Waals surface area contributed by atoms with Crippen molar-refractivity contribution in [2.45, 2.75) is 25.5 Å². The number of likely N-dealkylation sites (tertiary alicyclic amines) is 1. The van der Waals surface area contributed by atoms with E-state index in [1.165, 1.54) is 12.8 Å². The molecule has 2 N–H and O–H groups in total. The number of aliphatic hydroxyl groups excluding tert-OH is 1. The molecular formula is C20H27N3O. The average Bonchev–Trinajstić information content (AvgIpc) is 2.65. The molecule has 3 rings (SSSR count). The molecule has 1 aliphatic heterocycles. The average molecular weight is 325 g/mol. The lowest BCUT2D eigenvalue weighted by Crippen LogP contribution is -2.39. The van der Waals surface area contributed by atoms with E-state index in [-0.39, 0.29) is 6.10 Å². The van der Waals surface area contributed by atoms with Gasteiger partial charge < -0.3 is 15.3 Å². The van der Waals surface area contributed by atoms with Crippen LogP contribution >= 0.6 is 0 Å². The molecule has 0 saturated carbocycles. The summed E-state index contributed by atoms with van der Waals surface area (Å²) < 4.78 is 0. The number of hydrogen-bond acceptors (Lipinski definition) is 4. The molecule has 0 amide bonds. The first-order valence-electron chi connectivity index (χ1n) is 8.87. The Hall–Kier alpha value is -1.75. The summed E-state index contributed by atoms with van der Waals surface area (Å²) in [6.07, 6.45) is 3.84. The Bertz CT molecular complexity index is 582. The summed E-state index contributed by atoms with van der Waals surface area (Å²) >= 11 is 0. The van der Waals surface area contributed by atoms with E-state index in [2.05, 4.69) is 21.3 Å². The van der Waals surface area contributed by atoms with Crippen LogP contribution in [0.4, 0.5) is 0 Å². The van der Waals surface area contributed by atoms with Gasteiger partial charge in [0, 0.05) is 19.3 Å². The van der Waals surface area contributed by atoms with Crippen molar-refractivity contribution in [3.63, 3.8) is 0 Å². The molecule has 0 spiro atoms. The SMILES string of the molecule is O[C@@H](CN1CCC(CNCc2ccccn2)CC1)c1ccccc1. The van der Waals surface area contributed by atoms with Crippen LogP contribution in [0.25, 0.3) is 0 Å². The molecule has 0 bridgehead atoms. The summed E-state index contributed by atoms with van der Waals surface area (Å²) in [6.45, 7) is 4.76. The number of piperidine rings is 1. The van der Waals surface area contributed by atoms with Crippen molar-refractivity contribution in [2.75, 3.05) is 26.2 Å². The Morgan fingerprint density at radius 3 is 2.54 bits per heavy atom. The Balaban J connectivity index is 1.35. The number of nitrogens with zero attached hydrogens (tertiary/aromatic N) is 2. The van der Waals surface area contributed by atoms with Gasteiger partial charge in [-0.25, -0.2) is 0 Å². The predicted octanol–water partition coefficient (Wildman–Crippen LogP) is 2.62. The number of rotatable bonds is 7. The van der Waals surface area contributed by atoms with Crippen LogP contribution < -0.4 is 5.32 Å². The maximum atomic E-state index is 10.3. The van der Waals surface area contributed by atoms with Crippen molar-refractivity contribution in [3.05, 3.63) is 66.0 Å². The quantitative estimate of drug-likeness (QED) is 0.821. The Morgan fingerprint density at radius 2 is 1.83 bits per heavy atom. The van der Waals surface area contributed by atoms with E-state index in [1.807, 2.05) is 48.7 Å². The maximum Gasteiger partial charge on any atom is 0.0916 e. The summed E-state index contributed by atoms with van der Waals surface area (Å²) in [5, 5.41) is 13.9. The minimum atomic E-state index is -0.384. The normalized spacial score (nSPS) is 17.7. The van der Waals surface area contributed by atoms with Gasteiger partial charge in [-0.1, -0.05) is 36.4 Å². The van der Waals surface area contributed by atoms with Gasteiger partial charge in [-0.15, -0.1) is 0 Å². The van der Waals surface area contributed by atoms with E-state index in [1.54, 1.807) is 0 Å². The minimum absolute atomic E-state index is 0.384. The molecule has 1 fully saturated rings. The number of aliphatic hydroxyl groups is 1. The fourth-order valence-electron chi connectivity index (χ4n) is 3.31. The number of benzene rings is 1. The topological polar surface area (TPSA) is 48.4 Å². The highest BCUT2D eigenvalue weighted by Gasteiger charge is 2.21. The van der Waals surface area contributed by atoms with E-state index in [4.69, 9.17) is 0 Å². The van der Waals surface area contributed by atoms with E-state index >= 15 is 0 Å². The van der Waals surface area contributed by atoms with Crippen molar-refractivity contribution < 1.29 is 5.11 Å². The molecular weight excluding hydrogens is 298 g/mol. The van der Waals surface area contributed by atoms with Crippen LogP contribution in [0.5, 0.6) is 0 Å². The second-order valence-corrected chi connectivity index (χ2v) is 6.62. The highest BCUT2D eigenvalue weighted by Crippen LogP contribution is 2.20. The van der Waals surface area contributed by atoms with Gasteiger partial charge in [-0.3, -0.25) is 4.98 Å². The smallest absolute Gasteiger partial charge is 0.0916 e. The third-order valence-corrected chi connectivity index (χ3v) is 4.79. The summed E-state index contributed by atoms with van der Waals surface area (Å²) in [6, 6.07) is 16.0. The molecule has 2 aromatic rings. The summed E-state index contributed by atoms with van der Waals surface area (Å²) in [5.41, 5.74) is 2.11. The van der Waals surface area contributed by atoms with Crippen molar-refractivity contribution >= 4 is 0 Å². The Morgan fingerprint density at radius 1 is 1.08 bits per heavy atom. The van der Waals surface area contributed by atoms with Crippen LogP contribution in [-0.4, -0.2) is 41.2 Å². The van der Waals surface area contributed by atoms with E-state index < -0.39 is 0 Å². The number of hydrogen-bond donors (Lipinski definition) is 2. The molecule has 0 radical (unpaired) electrons. The molecule has 2 heterocycles. The molecule has 1 saturated heterocycles. The number of pyridine rings is 1. The zero-order valence-corrected chi connectivity index (χ0v) is 14.1. The minimum Gasteiger partial charge on any atom is -0.387 e. The lowest BCUT2D eigenvalue weighted by Gasteiger charge is -2.33. The monoisotopic (exact) mass is 325 g/mol. The first-order chi connectivity index (χ1) is 11.8. The fourth-order valence-corrected chi connectivity index (χ4v) is 3.31. The highest BCUT2D eigenvalue weighted by atomic mass is 16.3. The molecule has 1 aliphatic rings. The molecule has 4 nitrogen and oxygen atoms in total. The molecule has 1 aromatic heterocycles. The lowest BCUT2D eigenvalue weighted by molar-refractivity contribution is 0.0891. The van der Waals surface area contributed by atoms with E-state index in [0.29, 0.717) is 0 Å². The molecule has 1 atom stereocenters. The lowest BCUT2D eigenvalue weighted by atomic mass is 9.96. The second-order valence-electron chi connectivity index (χ2n) is 6.62. The first-order valence-corrected chi connectivity index (χ1v) is 8.87. The van der Waals surface area contributed by atoms with Crippen molar-refractivity contribution in [2.24, 2.45) is 5.92 Å². The van der Waals surface area contributed by atoms with E-state index in [0.717, 1.165) is 49.9 Å². The third kappa shape index (κ3) is 5.13. The van der Waals surface area contributed by atoms with Crippen LogP contribution in [0.2, 0.25) is 0 Å². The van der Waals surface area contributed by atoms with Gasteiger partial charge >= 0.3 is 0 Å². The van der Waals surface area contributed by atoms with E-state index in [9.17, 15) is 5.11 Å². The fraction of sp³-hybridized carbons (Fsp3) is 0.450. The summed E-state index contributed by atoms with van der Waals surface area (Å²) in [5.74, 6) is 0.721. The zero-order chi connectivity index (χ0) is 16.6.